The molecule has 0 aromatic rings. The summed E-state index contributed by atoms with van der Waals surface area (Å²) in [5.74, 6) is -0.514. The van der Waals surface area contributed by atoms with E-state index in [0.29, 0.717) is 0 Å². The van der Waals surface area contributed by atoms with Crippen molar-refractivity contribution in [3.05, 3.63) is 0 Å². The fourth-order valence-corrected chi connectivity index (χ4v) is 2.29. The molecule has 0 aliphatic rings. The quantitative estimate of drug-likeness (QED) is 0.659. The maximum absolute atomic E-state index is 11.7. The van der Waals surface area contributed by atoms with E-state index < -0.39 is 16.1 Å². The van der Waals surface area contributed by atoms with Crippen molar-refractivity contribution in [2.75, 3.05) is 27.2 Å². The smallest absolute Gasteiger partial charge is 0.281 e. The van der Waals surface area contributed by atoms with Gasteiger partial charge in [-0.3, -0.25) is 4.79 Å². The number of primary amides is 1. The van der Waals surface area contributed by atoms with Gasteiger partial charge < -0.3 is 5.73 Å². The third kappa shape index (κ3) is 4.59. The second-order valence-electron chi connectivity index (χ2n) is 3.94. The molecule has 0 bridgehead atoms. The van der Waals surface area contributed by atoms with E-state index >= 15 is 0 Å². The highest BCUT2D eigenvalue weighted by Gasteiger charge is 2.26. The highest BCUT2D eigenvalue weighted by atomic mass is 32.2. The predicted octanol–water partition coefficient (Wildman–Crippen LogP) is -0.764. The largest absolute Gasteiger partial charge is 0.369 e. The second kappa shape index (κ2) is 5.43. The molecule has 2 N–H and O–H groups in total. The zero-order chi connectivity index (χ0) is 12.2. The van der Waals surface area contributed by atoms with Crippen LogP contribution in [0.1, 0.15) is 13.8 Å². The van der Waals surface area contributed by atoms with Gasteiger partial charge in [0.1, 0.15) is 0 Å². The van der Waals surface area contributed by atoms with Gasteiger partial charge in [0.05, 0.1) is 6.54 Å². The Hall–Kier alpha value is -0.660. The predicted molar refractivity (Wildman–Crippen MR) is 58.2 cm³/mol. The van der Waals surface area contributed by atoms with Crippen LogP contribution in [0.2, 0.25) is 0 Å². The summed E-state index contributed by atoms with van der Waals surface area (Å²) in [5.41, 5.74) is 5.00. The molecule has 6 nitrogen and oxygen atoms in total. The lowest BCUT2D eigenvalue weighted by molar-refractivity contribution is -0.118. The summed E-state index contributed by atoms with van der Waals surface area (Å²) in [5, 5.41) is 0. The average Bonchev–Trinajstić information content (AvgIpc) is 2.00. The lowest BCUT2D eigenvalue weighted by Gasteiger charge is -2.25. The fourth-order valence-electron chi connectivity index (χ4n) is 1.05. The lowest BCUT2D eigenvalue weighted by atomic mass is 10.2. The van der Waals surface area contributed by atoms with E-state index in [1.165, 1.54) is 14.1 Å². The summed E-state index contributed by atoms with van der Waals surface area (Å²) in [6.45, 7) is 3.75. The van der Waals surface area contributed by atoms with E-state index in [-0.39, 0.29) is 19.0 Å². The lowest BCUT2D eigenvalue weighted by Crippen LogP contribution is -2.45. The maximum atomic E-state index is 11.7. The van der Waals surface area contributed by atoms with Crippen LogP contribution in [0, 0.1) is 5.92 Å². The van der Waals surface area contributed by atoms with Crippen molar-refractivity contribution < 1.29 is 13.2 Å². The molecule has 0 fully saturated rings. The number of nitrogens with two attached hydrogens (primary N) is 1. The average molecular weight is 237 g/mol. The minimum absolute atomic E-state index is 0.138. The van der Waals surface area contributed by atoms with Crippen molar-refractivity contribution in [1.29, 1.82) is 0 Å². The minimum Gasteiger partial charge on any atom is -0.369 e. The Kier molecular flexibility index (Phi) is 5.19. The van der Waals surface area contributed by atoms with Crippen LogP contribution in [0.3, 0.4) is 0 Å². The van der Waals surface area contributed by atoms with Gasteiger partial charge in [-0.2, -0.15) is 17.0 Å². The van der Waals surface area contributed by atoms with Crippen molar-refractivity contribution in [3.63, 3.8) is 0 Å². The summed E-state index contributed by atoms with van der Waals surface area (Å²) in [7, 11) is -0.723. The van der Waals surface area contributed by atoms with Gasteiger partial charge in [-0.1, -0.05) is 13.8 Å². The Balaban J connectivity index is 4.85. The number of hydrogen-bond donors (Lipinski definition) is 1. The number of amides is 1. The molecule has 0 aliphatic heterocycles. The molecule has 0 heterocycles. The molecule has 0 aliphatic carbocycles. The number of carbonyl (C=O) groups is 1. The van der Waals surface area contributed by atoms with Crippen LogP contribution in [0.4, 0.5) is 0 Å². The van der Waals surface area contributed by atoms with Crippen LogP contribution in [0.25, 0.3) is 0 Å². The van der Waals surface area contributed by atoms with Crippen molar-refractivity contribution in [3.8, 4) is 0 Å². The summed E-state index contributed by atoms with van der Waals surface area (Å²) in [4.78, 5) is 10.8. The SMILES string of the molecule is CC(C)CN(CC(N)=O)S(=O)(=O)N(C)C. The van der Waals surface area contributed by atoms with Crippen LogP contribution >= 0.6 is 0 Å². The van der Waals surface area contributed by atoms with E-state index in [1.807, 2.05) is 13.8 Å². The van der Waals surface area contributed by atoms with Crippen molar-refractivity contribution >= 4 is 16.1 Å². The molecule has 0 saturated carbocycles. The van der Waals surface area contributed by atoms with Gasteiger partial charge in [-0.25, -0.2) is 0 Å². The zero-order valence-corrected chi connectivity index (χ0v) is 10.4. The van der Waals surface area contributed by atoms with Crippen molar-refractivity contribution in [2.24, 2.45) is 11.7 Å². The standard InChI is InChI=1S/C8H19N3O3S/c1-7(2)5-11(6-8(9)12)15(13,14)10(3)4/h7H,5-6H2,1-4H3,(H2,9,12). The first-order valence-electron chi connectivity index (χ1n) is 4.63. The molecule has 15 heavy (non-hydrogen) atoms. The summed E-state index contributed by atoms with van der Waals surface area (Å²) in [6, 6.07) is 0. The number of carbonyl (C=O) groups excluding carboxylic acids is 1. The summed E-state index contributed by atoms with van der Waals surface area (Å²) >= 11 is 0. The number of nitrogens with zero attached hydrogens (tertiary/aromatic N) is 2. The first-order chi connectivity index (χ1) is 6.67. The van der Waals surface area contributed by atoms with Crippen LogP contribution < -0.4 is 5.73 Å². The molecule has 0 saturated heterocycles. The highest BCUT2D eigenvalue weighted by molar-refractivity contribution is 7.86. The van der Waals surface area contributed by atoms with Crippen molar-refractivity contribution in [1.82, 2.24) is 8.61 Å². The number of hydrogen-bond acceptors (Lipinski definition) is 3. The molecular formula is C8H19N3O3S. The van der Waals surface area contributed by atoms with Gasteiger partial charge in [-0.05, 0) is 5.92 Å². The molecule has 0 atom stereocenters. The highest BCUT2D eigenvalue weighted by Crippen LogP contribution is 2.07. The normalized spacial score (nSPS) is 12.7. The van der Waals surface area contributed by atoms with E-state index in [2.05, 4.69) is 0 Å². The van der Waals surface area contributed by atoms with Gasteiger partial charge in [0, 0.05) is 20.6 Å². The Labute approximate surface area is 91.2 Å². The second-order valence-corrected chi connectivity index (χ2v) is 6.09. The van der Waals surface area contributed by atoms with Crippen LogP contribution in [0.15, 0.2) is 0 Å². The fraction of sp³-hybridized carbons (Fsp3) is 0.875. The molecule has 0 rings (SSSR count). The Morgan fingerprint density at radius 1 is 1.33 bits per heavy atom. The van der Waals surface area contributed by atoms with E-state index in [4.69, 9.17) is 5.73 Å². The van der Waals surface area contributed by atoms with E-state index in [9.17, 15) is 13.2 Å². The van der Waals surface area contributed by atoms with Crippen molar-refractivity contribution in [2.45, 2.75) is 13.8 Å². The topological polar surface area (TPSA) is 83.7 Å². The Bertz CT molecular complexity index is 311. The first kappa shape index (κ1) is 14.3. The van der Waals surface area contributed by atoms with Gasteiger partial charge >= 0.3 is 0 Å². The molecule has 0 unspecified atom stereocenters. The van der Waals surface area contributed by atoms with Crippen LogP contribution in [0.5, 0.6) is 0 Å². The summed E-state index contributed by atoms with van der Waals surface area (Å²) < 4.78 is 25.6. The maximum Gasteiger partial charge on any atom is 0.281 e. The third-order valence-corrected chi connectivity index (χ3v) is 3.54. The van der Waals surface area contributed by atoms with Crippen LogP contribution in [-0.4, -0.2) is 50.1 Å². The zero-order valence-electron chi connectivity index (χ0n) is 9.60. The van der Waals surface area contributed by atoms with E-state index in [1.54, 1.807) is 0 Å². The van der Waals surface area contributed by atoms with Crippen LogP contribution in [-0.2, 0) is 15.0 Å². The Morgan fingerprint density at radius 3 is 2.07 bits per heavy atom. The molecule has 0 aromatic heterocycles. The third-order valence-electron chi connectivity index (χ3n) is 1.69. The molecular weight excluding hydrogens is 218 g/mol. The summed E-state index contributed by atoms with van der Waals surface area (Å²) in [6.07, 6.45) is 0. The molecule has 90 valence electrons. The van der Waals surface area contributed by atoms with Gasteiger partial charge in [0.25, 0.3) is 10.2 Å². The van der Waals surface area contributed by atoms with Gasteiger partial charge in [0.2, 0.25) is 5.91 Å². The van der Waals surface area contributed by atoms with Gasteiger partial charge in [0.15, 0.2) is 0 Å². The van der Waals surface area contributed by atoms with E-state index in [0.717, 1.165) is 8.61 Å². The first-order valence-corrected chi connectivity index (χ1v) is 6.03. The van der Waals surface area contributed by atoms with Gasteiger partial charge in [-0.15, -0.1) is 0 Å². The Morgan fingerprint density at radius 2 is 1.80 bits per heavy atom. The minimum atomic E-state index is -3.56. The molecule has 7 heteroatoms. The molecule has 0 spiro atoms. The number of rotatable bonds is 6. The monoisotopic (exact) mass is 237 g/mol. The molecule has 0 aromatic carbocycles. The molecule has 0 radical (unpaired) electrons. The molecule has 1 amide bonds.